The maximum atomic E-state index is 13.4. The number of rotatable bonds is 7. The number of phenols is 1. The van der Waals surface area contributed by atoms with Gasteiger partial charge in [0.2, 0.25) is 0 Å². The standard InChI is InChI=1S/C25H27N3O3S/c1-3-27(4-2)14-9-15-28-24(31)21(16-17-10-5-8-13-20(17)29)32-25(28)22-18-11-6-7-12-19(18)26-23(22)30/h5-8,10-13,16,29H,3-4,9,14-15H2,1-2H3,(H,26,30)/b21-16?,25-22-. The van der Waals surface area contributed by atoms with Crippen molar-refractivity contribution in [3.8, 4) is 5.75 Å². The molecule has 2 aromatic carbocycles. The van der Waals surface area contributed by atoms with Gasteiger partial charge in [0.05, 0.1) is 10.1 Å². The van der Waals surface area contributed by atoms with E-state index >= 15 is 0 Å². The smallest absolute Gasteiger partial charge is 0.269 e. The Morgan fingerprint density at radius 2 is 1.78 bits per heavy atom. The number of carbonyl (C=O) groups excluding carboxylic acids is 1. The molecule has 1 aliphatic heterocycles. The van der Waals surface area contributed by atoms with Gasteiger partial charge in [-0.05, 0) is 44.3 Å². The third-order valence-electron chi connectivity index (χ3n) is 5.77. The monoisotopic (exact) mass is 449 g/mol. The second kappa shape index (κ2) is 9.54. The zero-order valence-corrected chi connectivity index (χ0v) is 19.1. The molecule has 6 nitrogen and oxygen atoms in total. The van der Waals surface area contributed by atoms with Gasteiger partial charge < -0.3 is 15.3 Å². The number of nitrogens with one attached hydrogen (secondary N) is 1. The first kappa shape index (κ1) is 22.0. The lowest BCUT2D eigenvalue weighted by Crippen LogP contribution is -2.34. The lowest BCUT2D eigenvalue weighted by Gasteiger charge is -2.17. The van der Waals surface area contributed by atoms with E-state index in [-0.39, 0.29) is 17.2 Å². The topological polar surface area (TPSA) is 74.6 Å². The van der Waals surface area contributed by atoms with Crippen LogP contribution in [0.1, 0.15) is 31.4 Å². The van der Waals surface area contributed by atoms with Crippen molar-refractivity contribution in [3.05, 3.63) is 79.2 Å². The fourth-order valence-electron chi connectivity index (χ4n) is 3.98. The fraction of sp³-hybridized carbons (Fsp3) is 0.280. The molecule has 1 aliphatic rings. The Morgan fingerprint density at radius 3 is 2.53 bits per heavy atom. The number of phenolic OH excluding ortho intramolecular Hbond substituents is 1. The molecule has 32 heavy (non-hydrogen) atoms. The largest absolute Gasteiger partial charge is 0.507 e. The fourth-order valence-corrected chi connectivity index (χ4v) is 5.16. The van der Waals surface area contributed by atoms with Gasteiger partial charge in [-0.25, -0.2) is 0 Å². The summed E-state index contributed by atoms with van der Waals surface area (Å²) in [5.41, 5.74) is 2.54. The molecule has 4 rings (SSSR count). The van der Waals surface area contributed by atoms with Crippen LogP contribution in [0.25, 0.3) is 11.6 Å². The molecule has 0 saturated heterocycles. The summed E-state index contributed by atoms with van der Waals surface area (Å²) < 4.78 is 2.87. The number of anilines is 1. The zero-order valence-electron chi connectivity index (χ0n) is 18.3. The first-order chi connectivity index (χ1) is 15.5. The van der Waals surface area contributed by atoms with E-state index in [1.165, 1.54) is 11.3 Å². The van der Waals surface area contributed by atoms with Crippen LogP contribution in [0.2, 0.25) is 0 Å². The first-order valence-corrected chi connectivity index (χ1v) is 11.7. The van der Waals surface area contributed by atoms with Crippen molar-refractivity contribution in [1.29, 1.82) is 0 Å². The zero-order chi connectivity index (χ0) is 22.7. The summed E-state index contributed by atoms with van der Waals surface area (Å²) in [6.07, 6.45) is 2.50. The van der Waals surface area contributed by atoms with Crippen molar-refractivity contribution < 1.29 is 9.90 Å². The molecule has 166 valence electrons. The van der Waals surface area contributed by atoms with Crippen LogP contribution in [0.4, 0.5) is 5.69 Å². The predicted octanol–water partition coefficient (Wildman–Crippen LogP) is 2.33. The number of aromatic hydroxyl groups is 1. The van der Waals surface area contributed by atoms with Crippen LogP contribution >= 0.6 is 11.3 Å². The Balaban J connectivity index is 1.88. The van der Waals surface area contributed by atoms with Crippen LogP contribution < -0.4 is 20.1 Å². The highest BCUT2D eigenvalue weighted by Crippen LogP contribution is 2.29. The van der Waals surface area contributed by atoms with Crippen LogP contribution in [-0.4, -0.2) is 40.1 Å². The summed E-state index contributed by atoms with van der Waals surface area (Å²) in [5, 5.41) is 13.1. The highest BCUT2D eigenvalue weighted by molar-refractivity contribution is 7.07. The van der Waals surface area contributed by atoms with Gasteiger partial charge in [-0.2, -0.15) is 0 Å². The summed E-state index contributed by atoms with van der Waals surface area (Å²) in [4.78, 5) is 28.6. The van der Waals surface area contributed by atoms with Crippen LogP contribution in [0.5, 0.6) is 5.75 Å². The minimum Gasteiger partial charge on any atom is -0.507 e. The Kier molecular flexibility index (Phi) is 6.58. The molecule has 0 spiro atoms. The SMILES string of the molecule is CCN(CC)CCCn1c(=O)c(=Cc2ccccc2O)s/c1=C1\C(=O)Nc2ccccc21. The molecule has 0 saturated carbocycles. The molecule has 2 N–H and O–H groups in total. The van der Waals surface area contributed by atoms with Crippen molar-refractivity contribution in [2.24, 2.45) is 0 Å². The van der Waals surface area contributed by atoms with Crippen molar-refractivity contribution in [3.63, 3.8) is 0 Å². The average Bonchev–Trinajstić information content (AvgIpc) is 3.28. The van der Waals surface area contributed by atoms with E-state index in [9.17, 15) is 14.7 Å². The summed E-state index contributed by atoms with van der Waals surface area (Å²) in [5.74, 6) is -0.0782. The molecule has 1 aromatic heterocycles. The Morgan fingerprint density at radius 1 is 1.06 bits per heavy atom. The number of nitrogens with zero attached hydrogens (tertiary/aromatic N) is 2. The first-order valence-electron chi connectivity index (χ1n) is 10.9. The molecule has 0 radical (unpaired) electrons. The summed E-state index contributed by atoms with van der Waals surface area (Å²) in [7, 11) is 0. The minimum atomic E-state index is -0.195. The van der Waals surface area contributed by atoms with Gasteiger partial charge in [-0.15, -0.1) is 11.3 Å². The Hall–Kier alpha value is -3.16. The molecule has 3 aromatic rings. The van der Waals surface area contributed by atoms with Crippen molar-refractivity contribution >= 4 is 34.6 Å². The van der Waals surface area contributed by atoms with Gasteiger partial charge in [-0.1, -0.05) is 50.2 Å². The second-order valence-corrected chi connectivity index (χ2v) is 8.72. The highest BCUT2D eigenvalue weighted by atomic mass is 32.1. The van der Waals surface area contributed by atoms with E-state index in [0.717, 1.165) is 37.3 Å². The van der Waals surface area contributed by atoms with Gasteiger partial charge >= 0.3 is 0 Å². The quantitative estimate of drug-likeness (QED) is 0.581. The molecule has 2 heterocycles. The minimum absolute atomic E-state index is 0.117. The number of hydrogen-bond acceptors (Lipinski definition) is 5. The number of aromatic nitrogens is 1. The number of thiazole rings is 1. The second-order valence-electron chi connectivity index (χ2n) is 7.69. The Labute approximate surface area is 190 Å². The van der Waals surface area contributed by atoms with Crippen LogP contribution in [0.15, 0.2) is 53.3 Å². The van der Waals surface area contributed by atoms with E-state index in [1.54, 1.807) is 28.8 Å². The maximum Gasteiger partial charge on any atom is 0.269 e. The maximum absolute atomic E-state index is 13.4. The van der Waals surface area contributed by atoms with Crippen LogP contribution in [0, 0.1) is 0 Å². The summed E-state index contributed by atoms with van der Waals surface area (Å²) in [6, 6.07) is 14.5. The van der Waals surface area contributed by atoms with Crippen molar-refractivity contribution in [2.45, 2.75) is 26.8 Å². The van der Waals surface area contributed by atoms with E-state index in [0.29, 0.717) is 26.9 Å². The van der Waals surface area contributed by atoms with E-state index in [4.69, 9.17) is 0 Å². The third kappa shape index (κ3) is 4.26. The molecular weight excluding hydrogens is 422 g/mol. The summed E-state index contributed by atoms with van der Waals surface area (Å²) in [6.45, 7) is 7.57. The van der Waals surface area contributed by atoms with Crippen LogP contribution in [-0.2, 0) is 11.3 Å². The van der Waals surface area contributed by atoms with Gasteiger partial charge in [0, 0.05) is 23.4 Å². The average molecular weight is 450 g/mol. The Bertz CT molecular complexity index is 1320. The lowest BCUT2D eigenvalue weighted by molar-refractivity contribution is -0.110. The third-order valence-corrected chi connectivity index (χ3v) is 6.90. The number of hydrogen-bond donors (Lipinski definition) is 2. The molecule has 0 aliphatic carbocycles. The van der Waals surface area contributed by atoms with E-state index in [1.807, 2.05) is 30.3 Å². The number of carbonyl (C=O) groups is 1. The predicted molar refractivity (Wildman–Crippen MR) is 129 cm³/mol. The van der Waals surface area contributed by atoms with E-state index in [2.05, 4.69) is 24.1 Å². The van der Waals surface area contributed by atoms with Gasteiger partial charge in [0.15, 0.2) is 0 Å². The number of benzene rings is 2. The molecule has 0 bridgehead atoms. The normalized spacial score (nSPS) is 15.3. The highest BCUT2D eigenvalue weighted by Gasteiger charge is 2.26. The molecule has 0 atom stereocenters. The lowest BCUT2D eigenvalue weighted by atomic mass is 10.1. The van der Waals surface area contributed by atoms with Crippen molar-refractivity contribution in [2.75, 3.05) is 25.0 Å². The molecular formula is C25H27N3O3S. The van der Waals surface area contributed by atoms with Crippen LogP contribution in [0.3, 0.4) is 0 Å². The molecule has 7 heteroatoms. The summed E-state index contributed by atoms with van der Waals surface area (Å²) >= 11 is 1.30. The number of para-hydroxylation sites is 2. The van der Waals surface area contributed by atoms with Crippen molar-refractivity contribution in [1.82, 2.24) is 9.47 Å². The van der Waals surface area contributed by atoms with Gasteiger partial charge in [0.25, 0.3) is 11.5 Å². The number of fused-ring (bicyclic) bond motifs is 1. The molecule has 1 amide bonds. The molecule has 0 fully saturated rings. The van der Waals surface area contributed by atoms with E-state index < -0.39 is 0 Å². The van der Waals surface area contributed by atoms with Gasteiger partial charge in [0.1, 0.15) is 10.4 Å². The molecule has 0 unspecified atom stereocenters. The number of amides is 1. The van der Waals surface area contributed by atoms with Gasteiger partial charge in [-0.3, -0.25) is 14.2 Å².